The van der Waals surface area contributed by atoms with Crippen LogP contribution in [0, 0.1) is 10.7 Å². The number of thiocyanates is 1. The Kier molecular flexibility index (Phi) is 12.6. The van der Waals surface area contributed by atoms with E-state index in [4.69, 9.17) is 5.26 Å². The van der Waals surface area contributed by atoms with E-state index >= 15 is 0 Å². The lowest BCUT2D eigenvalue weighted by Crippen LogP contribution is -2.30. The molecule has 0 aliphatic rings. The number of nitrogens with one attached hydrogen (secondary N) is 1. The highest BCUT2D eigenvalue weighted by atomic mass is 32.1. The standard InChI is InChI=1S/C14H26N2.CHNS/c1-3-4-5-6-7-8-9-10-11-14-15-12-13-16(14)2;2-1-3/h12-13H,3-11H2,1-2H3;3H. The molecule has 0 aliphatic carbocycles. The van der Waals surface area contributed by atoms with Crippen LogP contribution < -0.4 is 4.57 Å². The molecule has 0 unspecified atom stereocenters. The first-order valence-electron chi connectivity index (χ1n) is 7.29. The summed E-state index contributed by atoms with van der Waals surface area (Å²) in [5, 5.41) is 8.47. The predicted molar refractivity (Wildman–Crippen MR) is 81.3 cm³/mol. The summed E-state index contributed by atoms with van der Waals surface area (Å²) in [5.74, 6) is 1.35. The van der Waals surface area contributed by atoms with Gasteiger partial charge < -0.3 is 12.6 Å². The lowest BCUT2D eigenvalue weighted by Gasteiger charge is -2.00. The molecule has 0 amide bonds. The van der Waals surface area contributed by atoms with Crippen molar-refractivity contribution in [2.75, 3.05) is 0 Å². The van der Waals surface area contributed by atoms with Gasteiger partial charge in [0.05, 0.1) is 7.05 Å². The Morgan fingerprint density at radius 2 is 1.68 bits per heavy atom. The lowest BCUT2D eigenvalue weighted by atomic mass is 10.1. The van der Waals surface area contributed by atoms with E-state index in [1.165, 1.54) is 69.0 Å². The van der Waals surface area contributed by atoms with E-state index in [1.807, 2.05) is 6.20 Å². The number of aromatic nitrogens is 2. The number of unbranched alkanes of at least 4 members (excludes halogenated alkanes) is 7. The van der Waals surface area contributed by atoms with E-state index in [0.717, 1.165) is 0 Å². The van der Waals surface area contributed by atoms with E-state index in [-0.39, 0.29) is 0 Å². The van der Waals surface area contributed by atoms with E-state index in [9.17, 15) is 0 Å². The molecular weight excluding hydrogens is 254 g/mol. The van der Waals surface area contributed by atoms with Gasteiger partial charge in [-0.25, -0.2) is 14.8 Å². The molecule has 0 aromatic carbocycles. The van der Waals surface area contributed by atoms with E-state index in [0.29, 0.717) is 0 Å². The van der Waals surface area contributed by atoms with Gasteiger partial charge in [0, 0.05) is 6.42 Å². The molecule has 0 atom stereocenters. The number of rotatable bonds is 9. The van der Waals surface area contributed by atoms with Crippen LogP contribution in [0.25, 0.3) is 0 Å². The molecule has 3 nitrogen and oxygen atoms in total. The highest BCUT2D eigenvalue weighted by Crippen LogP contribution is 2.09. The van der Waals surface area contributed by atoms with Crippen molar-refractivity contribution in [2.24, 2.45) is 7.05 Å². The van der Waals surface area contributed by atoms with Crippen molar-refractivity contribution >= 4 is 12.6 Å². The zero-order valence-corrected chi connectivity index (χ0v) is 13.1. The minimum atomic E-state index is 1.19. The first-order valence-corrected chi connectivity index (χ1v) is 7.70. The first-order chi connectivity index (χ1) is 9.26. The molecule has 4 heteroatoms. The van der Waals surface area contributed by atoms with Crippen LogP contribution in [-0.2, 0) is 26.1 Å². The maximum atomic E-state index is 7.13. The first kappa shape index (κ1) is 17.9. The van der Waals surface area contributed by atoms with Crippen molar-refractivity contribution in [3.63, 3.8) is 0 Å². The summed E-state index contributed by atoms with van der Waals surface area (Å²) in [6.45, 7) is 2.27. The molecule has 1 aromatic rings. The minimum Gasteiger partial charge on any atom is -0.696 e. The third kappa shape index (κ3) is 10.5. The van der Waals surface area contributed by atoms with Gasteiger partial charge in [-0.3, -0.25) is 0 Å². The second-order valence-electron chi connectivity index (χ2n) is 4.83. The summed E-state index contributed by atoms with van der Waals surface area (Å²) < 4.78 is 2.18. The molecule has 0 spiro atoms. The third-order valence-corrected chi connectivity index (χ3v) is 3.24. The fraction of sp³-hybridized carbons (Fsp3) is 0.733. The number of hydrogen-bond acceptors (Lipinski definition) is 2. The van der Waals surface area contributed by atoms with Gasteiger partial charge in [0.15, 0.2) is 0 Å². The predicted octanol–water partition coefficient (Wildman–Crippen LogP) is 3.54. The van der Waals surface area contributed by atoms with Gasteiger partial charge >= 0.3 is 0 Å². The van der Waals surface area contributed by atoms with Gasteiger partial charge in [0.2, 0.25) is 0 Å². The molecule has 19 heavy (non-hydrogen) atoms. The summed E-state index contributed by atoms with van der Waals surface area (Å²) >= 11 is 3.70. The van der Waals surface area contributed by atoms with Crippen molar-refractivity contribution in [2.45, 2.75) is 64.7 Å². The van der Waals surface area contributed by atoms with Crippen LogP contribution in [0.3, 0.4) is 0 Å². The Morgan fingerprint density at radius 1 is 1.16 bits per heavy atom. The Bertz CT molecular complexity index is 341. The van der Waals surface area contributed by atoms with Gasteiger partial charge in [-0.05, 0) is 6.42 Å². The molecule has 0 aliphatic heterocycles. The molecule has 108 valence electrons. The number of nitriles is 1. The van der Waals surface area contributed by atoms with E-state index < -0.39 is 0 Å². The third-order valence-electron chi connectivity index (χ3n) is 3.24. The van der Waals surface area contributed by atoms with Gasteiger partial charge in [-0.1, -0.05) is 57.3 Å². The Balaban J connectivity index is 0.000000982. The second kappa shape index (κ2) is 13.4. The van der Waals surface area contributed by atoms with Crippen LogP contribution in [0.5, 0.6) is 0 Å². The van der Waals surface area contributed by atoms with Crippen molar-refractivity contribution in [1.82, 2.24) is 4.98 Å². The quantitative estimate of drug-likeness (QED) is 0.326. The monoisotopic (exact) mass is 281 g/mol. The largest absolute Gasteiger partial charge is 0.696 e. The fourth-order valence-electron chi connectivity index (χ4n) is 2.11. The summed E-state index contributed by atoms with van der Waals surface area (Å²) in [6, 6.07) is 0. The Morgan fingerprint density at radius 3 is 2.16 bits per heavy atom. The lowest BCUT2D eigenvalue weighted by molar-refractivity contribution is -0.677. The summed E-state index contributed by atoms with van der Waals surface area (Å²) in [4.78, 5) is 3.29. The molecular formula is C15H27N3S. The SMILES string of the molecule is CCCCCCCCCCc1[nH]cc[n+]1C.N#C[S-]. The molecule has 0 saturated carbocycles. The van der Waals surface area contributed by atoms with Crippen LogP contribution in [0.4, 0.5) is 0 Å². The minimum absolute atomic E-state index is 1.19. The van der Waals surface area contributed by atoms with Crippen LogP contribution >= 0.6 is 0 Å². The van der Waals surface area contributed by atoms with Crippen LogP contribution in [0.1, 0.15) is 64.1 Å². The van der Waals surface area contributed by atoms with E-state index in [2.05, 4.69) is 42.3 Å². The average molecular weight is 281 g/mol. The second-order valence-corrected chi connectivity index (χ2v) is 5.02. The topological polar surface area (TPSA) is 43.5 Å². The van der Waals surface area contributed by atoms with Gasteiger partial charge in [0.1, 0.15) is 12.4 Å². The van der Waals surface area contributed by atoms with Crippen LogP contribution in [-0.4, -0.2) is 4.98 Å². The van der Waals surface area contributed by atoms with Gasteiger partial charge in [-0.15, -0.1) is 0 Å². The molecule has 1 aromatic heterocycles. The van der Waals surface area contributed by atoms with Crippen molar-refractivity contribution < 1.29 is 4.57 Å². The number of H-pyrrole nitrogens is 1. The van der Waals surface area contributed by atoms with Gasteiger partial charge in [0.25, 0.3) is 5.82 Å². The maximum Gasteiger partial charge on any atom is 0.253 e. The summed E-state index contributed by atoms with van der Waals surface area (Å²) in [6.07, 6.45) is 16.5. The zero-order valence-electron chi connectivity index (χ0n) is 12.3. The number of hydrogen-bond donors (Lipinski definition) is 1. The fourth-order valence-corrected chi connectivity index (χ4v) is 2.11. The molecule has 1 N–H and O–H groups in total. The van der Waals surface area contributed by atoms with Gasteiger partial charge in [-0.2, -0.15) is 0 Å². The highest BCUT2D eigenvalue weighted by Gasteiger charge is 2.04. The number of aromatic amines is 1. The van der Waals surface area contributed by atoms with Crippen molar-refractivity contribution in [1.29, 1.82) is 5.26 Å². The highest BCUT2D eigenvalue weighted by molar-refractivity contribution is 7.64. The van der Waals surface area contributed by atoms with E-state index in [1.54, 1.807) is 0 Å². The number of nitrogens with zero attached hydrogens (tertiary/aromatic N) is 2. The Labute approximate surface area is 123 Å². The smallest absolute Gasteiger partial charge is 0.253 e. The normalized spacial score (nSPS) is 9.53. The molecule has 0 fully saturated rings. The molecule has 0 bridgehead atoms. The molecule has 1 rings (SSSR count). The van der Waals surface area contributed by atoms with Crippen LogP contribution in [0.2, 0.25) is 0 Å². The summed E-state index contributed by atoms with van der Waals surface area (Å²) in [7, 11) is 2.11. The maximum absolute atomic E-state index is 7.13. The number of imidazole rings is 1. The summed E-state index contributed by atoms with van der Waals surface area (Å²) in [5.41, 5.74) is 0. The molecule has 0 radical (unpaired) electrons. The number of aryl methyl sites for hydroxylation is 2. The Hall–Kier alpha value is -1.08. The molecule has 1 heterocycles. The van der Waals surface area contributed by atoms with Crippen molar-refractivity contribution in [3.05, 3.63) is 18.2 Å². The average Bonchev–Trinajstić information content (AvgIpc) is 2.79. The van der Waals surface area contributed by atoms with Crippen molar-refractivity contribution in [3.8, 4) is 5.40 Å². The van der Waals surface area contributed by atoms with Crippen LogP contribution in [0.15, 0.2) is 12.4 Å². The zero-order chi connectivity index (χ0) is 14.3. The molecule has 0 saturated heterocycles.